The summed E-state index contributed by atoms with van der Waals surface area (Å²) in [5.74, 6) is 0.989. The lowest BCUT2D eigenvalue weighted by Crippen LogP contribution is -2.07. The zero-order valence-electron chi connectivity index (χ0n) is 10.9. The van der Waals surface area contributed by atoms with Crippen molar-refractivity contribution in [2.45, 2.75) is 40.0 Å². The van der Waals surface area contributed by atoms with Crippen molar-refractivity contribution < 1.29 is 4.74 Å². The van der Waals surface area contributed by atoms with Crippen LogP contribution in [0.15, 0.2) is 12.1 Å². The highest BCUT2D eigenvalue weighted by Crippen LogP contribution is 2.24. The van der Waals surface area contributed by atoms with Crippen molar-refractivity contribution >= 4 is 17.2 Å². The maximum atomic E-state index is 5.57. The zero-order valence-corrected chi connectivity index (χ0v) is 11.7. The molecule has 94 valence electrons. The summed E-state index contributed by atoms with van der Waals surface area (Å²) in [4.78, 5) is 0.602. The van der Waals surface area contributed by atoms with Gasteiger partial charge in [-0.1, -0.05) is 18.3 Å². The Bertz CT molecular complexity index is 401. The Kier molecular flexibility index (Phi) is 5.42. The Morgan fingerprint density at radius 3 is 2.59 bits per heavy atom. The molecule has 0 aliphatic rings. The first-order chi connectivity index (χ1) is 8.04. The number of hydrogen-bond acceptors (Lipinski definition) is 2. The highest BCUT2D eigenvalue weighted by Gasteiger charge is 2.05. The molecule has 0 fully saturated rings. The number of rotatable bonds is 6. The first-order valence-electron chi connectivity index (χ1n) is 6.05. The fourth-order valence-corrected chi connectivity index (χ4v) is 2.03. The summed E-state index contributed by atoms with van der Waals surface area (Å²) in [7, 11) is 0. The molecule has 1 rings (SSSR count). The number of hydrogen-bond donors (Lipinski definition) is 1. The van der Waals surface area contributed by atoms with Crippen LogP contribution in [-0.4, -0.2) is 11.6 Å². The number of nitrogens with two attached hydrogens (primary N) is 1. The van der Waals surface area contributed by atoms with E-state index in [0.29, 0.717) is 11.6 Å². The molecule has 0 atom stereocenters. The Balaban J connectivity index is 2.73. The van der Waals surface area contributed by atoms with Crippen molar-refractivity contribution in [1.29, 1.82) is 0 Å². The van der Waals surface area contributed by atoms with Gasteiger partial charge in [0.1, 0.15) is 5.75 Å². The predicted molar refractivity (Wildman–Crippen MR) is 76.8 cm³/mol. The van der Waals surface area contributed by atoms with Gasteiger partial charge in [0.25, 0.3) is 0 Å². The third-order valence-corrected chi connectivity index (χ3v) is 3.01. The Morgan fingerprint density at radius 2 is 2.00 bits per heavy atom. The standard InChI is InChI=1S/C14H21NOS/c1-4-16-13-9-10(2)12(8-11(13)3)6-5-7-14(15)17/h8-9H,4-7H2,1-3H3,(H2,15,17). The van der Waals surface area contributed by atoms with E-state index in [1.54, 1.807) is 0 Å². The first-order valence-corrected chi connectivity index (χ1v) is 6.46. The molecule has 0 aliphatic carbocycles. The van der Waals surface area contributed by atoms with E-state index in [1.807, 2.05) is 6.92 Å². The molecule has 3 heteroatoms. The quantitative estimate of drug-likeness (QED) is 0.788. The fourth-order valence-electron chi connectivity index (χ4n) is 1.88. The van der Waals surface area contributed by atoms with Gasteiger partial charge in [-0.2, -0.15) is 0 Å². The van der Waals surface area contributed by atoms with Gasteiger partial charge in [0, 0.05) is 0 Å². The monoisotopic (exact) mass is 251 g/mol. The molecule has 0 bridgehead atoms. The second-order valence-electron chi connectivity index (χ2n) is 4.30. The molecular weight excluding hydrogens is 230 g/mol. The average molecular weight is 251 g/mol. The van der Waals surface area contributed by atoms with Gasteiger partial charge < -0.3 is 10.5 Å². The lowest BCUT2D eigenvalue weighted by atomic mass is 10.00. The summed E-state index contributed by atoms with van der Waals surface area (Å²) in [6, 6.07) is 4.33. The van der Waals surface area contributed by atoms with Crippen LogP contribution in [-0.2, 0) is 6.42 Å². The molecule has 0 aliphatic heterocycles. The summed E-state index contributed by atoms with van der Waals surface area (Å²) in [6.07, 6.45) is 2.86. The van der Waals surface area contributed by atoms with Crippen LogP contribution < -0.4 is 10.5 Å². The molecule has 0 aromatic heterocycles. The van der Waals surface area contributed by atoms with Gasteiger partial charge in [-0.05, 0) is 62.8 Å². The SMILES string of the molecule is CCOc1cc(C)c(CCCC(N)=S)cc1C. The molecule has 0 heterocycles. The number of benzene rings is 1. The molecular formula is C14H21NOS. The third kappa shape index (κ3) is 4.35. The maximum Gasteiger partial charge on any atom is 0.122 e. The zero-order chi connectivity index (χ0) is 12.8. The van der Waals surface area contributed by atoms with Crippen LogP contribution in [0, 0.1) is 13.8 Å². The molecule has 0 amide bonds. The van der Waals surface area contributed by atoms with Crippen LogP contribution in [0.1, 0.15) is 36.5 Å². The molecule has 1 aromatic carbocycles. The van der Waals surface area contributed by atoms with E-state index in [9.17, 15) is 0 Å². The van der Waals surface area contributed by atoms with E-state index in [4.69, 9.17) is 22.7 Å². The molecule has 0 saturated carbocycles. The largest absolute Gasteiger partial charge is 0.494 e. The summed E-state index contributed by atoms with van der Waals surface area (Å²) < 4.78 is 5.57. The smallest absolute Gasteiger partial charge is 0.122 e. The van der Waals surface area contributed by atoms with Crippen LogP contribution in [0.4, 0.5) is 0 Å². The van der Waals surface area contributed by atoms with Gasteiger partial charge in [0.05, 0.1) is 11.6 Å². The van der Waals surface area contributed by atoms with E-state index >= 15 is 0 Å². The first kappa shape index (κ1) is 14.0. The van der Waals surface area contributed by atoms with Crippen LogP contribution in [0.5, 0.6) is 5.75 Å². The minimum absolute atomic E-state index is 0.602. The lowest BCUT2D eigenvalue weighted by molar-refractivity contribution is 0.337. The molecule has 0 spiro atoms. The van der Waals surface area contributed by atoms with E-state index in [1.165, 1.54) is 16.7 Å². The third-order valence-electron chi connectivity index (χ3n) is 2.80. The second-order valence-corrected chi connectivity index (χ2v) is 4.82. The van der Waals surface area contributed by atoms with E-state index in [-0.39, 0.29) is 0 Å². The molecule has 2 nitrogen and oxygen atoms in total. The van der Waals surface area contributed by atoms with Crippen LogP contribution in [0.2, 0.25) is 0 Å². The van der Waals surface area contributed by atoms with Crippen molar-refractivity contribution in [3.63, 3.8) is 0 Å². The topological polar surface area (TPSA) is 35.2 Å². The van der Waals surface area contributed by atoms with Gasteiger partial charge in [-0.3, -0.25) is 0 Å². The number of ether oxygens (including phenoxy) is 1. The normalized spacial score (nSPS) is 10.3. The Labute approximate surface area is 109 Å². The van der Waals surface area contributed by atoms with Gasteiger partial charge in [-0.25, -0.2) is 0 Å². The molecule has 0 saturated heterocycles. The molecule has 2 N–H and O–H groups in total. The molecule has 0 radical (unpaired) electrons. The van der Waals surface area contributed by atoms with Gasteiger partial charge in [0.15, 0.2) is 0 Å². The van der Waals surface area contributed by atoms with Crippen LogP contribution >= 0.6 is 12.2 Å². The Morgan fingerprint density at radius 1 is 1.29 bits per heavy atom. The van der Waals surface area contributed by atoms with Crippen molar-refractivity contribution in [1.82, 2.24) is 0 Å². The van der Waals surface area contributed by atoms with Crippen LogP contribution in [0.25, 0.3) is 0 Å². The summed E-state index contributed by atoms with van der Waals surface area (Å²) in [6.45, 7) is 6.92. The van der Waals surface area contributed by atoms with E-state index in [2.05, 4.69) is 26.0 Å². The summed E-state index contributed by atoms with van der Waals surface area (Å²) in [5.41, 5.74) is 9.34. The van der Waals surface area contributed by atoms with Crippen LogP contribution in [0.3, 0.4) is 0 Å². The van der Waals surface area contributed by atoms with Crippen molar-refractivity contribution in [2.75, 3.05) is 6.61 Å². The Hall–Kier alpha value is -1.09. The van der Waals surface area contributed by atoms with E-state index < -0.39 is 0 Å². The minimum Gasteiger partial charge on any atom is -0.494 e. The molecule has 1 aromatic rings. The van der Waals surface area contributed by atoms with Gasteiger partial charge in [-0.15, -0.1) is 0 Å². The lowest BCUT2D eigenvalue weighted by Gasteiger charge is -2.12. The molecule has 17 heavy (non-hydrogen) atoms. The van der Waals surface area contributed by atoms with Gasteiger partial charge in [0.2, 0.25) is 0 Å². The summed E-state index contributed by atoms with van der Waals surface area (Å²) in [5, 5.41) is 0. The second kappa shape index (κ2) is 6.60. The minimum atomic E-state index is 0.602. The summed E-state index contributed by atoms with van der Waals surface area (Å²) >= 11 is 4.88. The number of aryl methyl sites for hydroxylation is 3. The predicted octanol–water partition coefficient (Wildman–Crippen LogP) is 3.31. The van der Waals surface area contributed by atoms with Crippen molar-refractivity contribution in [3.8, 4) is 5.75 Å². The highest BCUT2D eigenvalue weighted by molar-refractivity contribution is 7.80. The van der Waals surface area contributed by atoms with Crippen molar-refractivity contribution in [3.05, 3.63) is 28.8 Å². The number of thiocarbonyl (C=S) groups is 1. The fraction of sp³-hybridized carbons (Fsp3) is 0.500. The molecule has 0 unspecified atom stereocenters. The van der Waals surface area contributed by atoms with Crippen molar-refractivity contribution in [2.24, 2.45) is 5.73 Å². The average Bonchev–Trinajstić information content (AvgIpc) is 2.24. The van der Waals surface area contributed by atoms with Gasteiger partial charge >= 0.3 is 0 Å². The maximum absolute atomic E-state index is 5.57. The van der Waals surface area contributed by atoms with E-state index in [0.717, 1.165) is 25.0 Å². The highest BCUT2D eigenvalue weighted by atomic mass is 32.1.